The van der Waals surface area contributed by atoms with E-state index >= 15 is 0 Å². The van der Waals surface area contributed by atoms with Crippen LogP contribution in [0.5, 0.6) is 0 Å². The standard InChI is InChI=1S/C20H38N6.HI/c1-14(2)19(26-10-8-15(3)9-11-26)13-23-20(21-6)22-12-18-16(4)24-25(7)17(18)5;/h14-15,19H,8-13H2,1-7H3,(H2,21,22,23);1H. The van der Waals surface area contributed by atoms with Crippen molar-refractivity contribution in [3.8, 4) is 0 Å². The molecule has 0 bridgehead atoms. The zero-order chi connectivity index (χ0) is 19.3. The van der Waals surface area contributed by atoms with Gasteiger partial charge in [0.1, 0.15) is 0 Å². The molecular formula is C20H39IN6. The van der Waals surface area contributed by atoms with Crippen molar-refractivity contribution in [1.82, 2.24) is 25.3 Å². The topological polar surface area (TPSA) is 57.5 Å². The van der Waals surface area contributed by atoms with Gasteiger partial charge in [0.2, 0.25) is 0 Å². The Hall–Kier alpha value is -0.830. The van der Waals surface area contributed by atoms with Gasteiger partial charge in [0.15, 0.2) is 5.96 Å². The molecule has 1 saturated heterocycles. The van der Waals surface area contributed by atoms with Crippen molar-refractivity contribution >= 4 is 29.9 Å². The predicted octanol–water partition coefficient (Wildman–Crippen LogP) is 3.08. The number of nitrogens with zero attached hydrogens (tertiary/aromatic N) is 4. The molecule has 27 heavy (non-hydrogen) atoms. The molecule has 0 amide bonds. The number of halogens is 1. The number of aryl methyl sites for hydroxylation is 2. The molecule has 1 atom stereocenters. The lowest BCUT2D eigenvalue weighted by Crippen LogP contribution is -2.51. The number of rotatable bonds is 6. The number of hydrogen-bond acceptors (Lipinski definition) is 3. The summed E-state index contributed by atoms with van der Waals surface area (Å²) in [6.45, 7) is 15.3. The van der Waals surface area contributed by atoms with Crippen LogP contribution in [-0.2, 0) is 13.6 Å². The first-order valence-electron chi connectivity index (χ1n) is 10.0. The first-order chi connectivity index (χ1) is 12.3. The molecule has 2 rings (SSSR count). The van der Waals surface area contributed by atoms with Crippen LogP contribution in [-0.4, -0.2) is 53.4 Å². The van der Waals surface area contributed by atoms with Gasteiger partial charge in [-0.05, 0) is 51.6 Å². The molecule has 2 N–H and O–H groups in total. The molecule has 156 valence electrons. The van der Waals surface area contributed by atoms with Crippen molar-refractivity contribution in [1.29, 1.82) is 0 Å². The van der Waals surface area contributed by atoms with Crippen molar-refractivity contribution in [2.75, 3.05) is 26.7 Å². The number of hydrogen-bond donors (Lipinski definition) is 2. The maximum atomic E-state index is 4.49. The highest BCUT2D eigenvalue weighted by atomic mass is 127. The first kappa shape index (κ1) is 24.2. The van der Waals surface area contributed by atoms with E-state index in [2.05, 4.69) is 60.2 Å². The summed E-state index contributed by atoms with van der Waals surface area (Å²) in [6.07, 6.45) is 2.63. The van der Waals surface area contributed by atoms with Crippen LogP contribution >= 0.6 is 24.0 Å². The second-order valence-corrected chi connectivity index (χ2v) is 8.11. The average Bonchev–Trinajstić information content (AvgIpc) is 2.84. The van der Waals surface area contributed by atoms with E-state index in [-0.39, 0.29) is 24.0 Å². The number of aromatic nitrogens is 2. The zero-order valence-electron chi connectivity index (χ0n) is 18.2. The third-order valence-electron chi connectivity index (χ3n) is 5.85. The molecule has 1 fully saturated rings. The molecule has 0 radical (unpaired) electrons. The van der Waals surface area contributed by atoms with Gasteiger partial charge in [0.25, 0.3) is 0 Å². The van der Waals surface area contributed by atoms with Gasteiger partial charge < -0.3 is 10.6 Å². The summed E-state index contributed by atoms with van der Waals surface area (Å²) >= 11 is 0. The van der Waals surface area contributed by atoms with E-state index in [1.54, 1.807) is 0 Å². The second kappa shape index (κ2) is 11.2. The van der Waals surface area contributed by atoms with E-state index in [9.17, 15) is 0 Å². The van der Waals surface area contributed by atoms with E-state index in [1.165, 1.54) is 37.2 Å². The Morgan fingerprint density at radius 3 is 2.33 bits per heavy atom. The van der Waals surface area contributed by atoms with Crippen molar-refractivity contribution < 1.29 is 0 Å². The Balaban J connectivity index is 0.00000364. The minimum Gasteiger partial charge on any atom is -0.355 e. The molecule has 1 aliphatic rings. The Kier molecular flexibility index (Phi) is 10.1. The molecule has 0 saturated carbocycles. The molecule has 1 unspecified atom stereocenters. The fourth-order valence-corrected chi connectivity index (χ4v) is 3.81. The van der Waals surface area contributed by atoms with Crippen LogP contribution in [0.1, 0.15) is 50.6 Å². The highest BCUT2D eigenvalue weighted by molar-refractivity contribution is 14.0. The van der Waals surface area contributed by atoms with Crippen LogP contribution in [0.15, 0.2) is 4.99 Å². The Labute approximate surface area is 182 Å². The van der Waals surface area contributed by atoms with Crippen LogP contribution in [0.25, 0.3) is 0 Å². The maximum absolute atomic E-state index is 4.49. The van der Waals surface area contributed by atoms with Gasteiger partial charge in [-0.25, -0.2) is 0 Å². The lowest BCUT2D eigenvalue weighted by molar-refractivity contribution is 0.110. The monoisotopic (exact) mass is 490 g/mol. The molecule has 1 aromatic heterocycles. The van der Waals surface area contributed by atoms with Crippen LogP contribution in [0.4, 0.5) is 0 Å². The highest BCUT2D eigenvalue weighted by Gasteiger charge is 2.25. The fourth-order valence-electron chi connectivity index (χ4n) is 3.81. The summed E-state index contributed by atoms with van der Waals surface area (Å²) in [4.78, 5) is 7.06. The largest absolute Gasteiger partial charge is 0.355 e. The molecule has 0 aliphatic carbocycles. The number of nitrogens with one attached hydrogen (secondary N) is 2. The molecule has 0 aromatic carbocycles. The van der Waals surface area contributed by atoms with Gasteiger partial charge in [0, 0.05) is 44.5 Å². The van der Waals surface area contributed by atoms with Gasteiger partial charge in [-0.1, -0.05) is 20.8 Å². The summed E-state index contributed by atoms with van der Waals surface area (Å²) in [6, 6.07) is 0.544. The maximum Gasteiger partial charge on any atom is 0.191 e. The first-order valence-corrected chi connectivity index (χ1v) is 10.0. The van der Waals surface area contributed by atoms with Gasteiger partial charge in [0.05, 0.1) is 5.69 Å². The van der Waals surface area contributed by atoms with Crippen molar-refractivity contribution in [2.24, 2.45) is 23.9 Å². The zero-order valence-corrected chi connectivity index (χ0v) is 20.5. The molecule has 1 aromatic rings. The molecule has 7 heteroatoms. The number of guanidine groups is 1. The van der Waals surface area contributed by atoms with Crippen molar-refractivity contribution in [3.05, 3.63) is 17.0 Å². The van der Waals surface area contributed by atoms with E-state index in [4.69, 9.17) is 0 Å². The highest BCUT2D eigenvalue weighted by Crippen LogP contribution is 2.21. The molecule has 0 spiro atoms. The molecule has 2 heterocycles. The lowest BCUT2D eigenvalue weighted by atomic mass is 9.94. The van der Waals surface area contributed by atoms with Gasteiger partial charge in [-0.3, -0.25) is 14.6 Å². The summed E-state index contributed by atoms with van der Waals surface area (Å²) in [5, 5.41) is 11.5. The lowest BCUT2D eigenvalue weighted by Gasteiger charge is -2.39. The number of aliphatic imine (C=N–C) groups is 1. The third kappa shape index (κ3) is 6.62. The van der Waals surface area contributed by atoms with Gasteiger partial charge in [-0.2, -0.15) is 5.10 Å². The third-order valence-corrected chi connectivity index (χ3v) is 5.85. The quantitative estimate of drug-likeness (QED) is 0.366. The smallest absolute Gasteiger partial charge is 0.191 e. The minimum atomic E-state index is 0. The van der Waals surface area contributed by atoms with E-state index < -0.39 is 0 Å². The number of piperidine rings is 1. The second-order valence-electron chi connectivity index (χ2n) is 8.11. The van der Waals surface area contributed by atoms with Crippen molar-refractivity contribution in [2.45, 2.75) is 60.0 Å². The van der Waals surface area contributed by atoms with Gasteiger partial charge in [-0.15, -0.1) is 24.0 Å². The Morgan fingerprint density at radius 2 is 1.85 bits per heavy atom. The Morgan fingerprint density at radius 1 is 1.22 bits per heavy atom. The van der Waals surface area contributed by atoms with E-state index in [0.29, 0.717) is 12.0 Å². The van der Waals surface area contributed by atoms with E-state index in [0.717, 1.165) is 30.7 Å². The van der Waals surface area contributed by atoms with Crippen molar-refractivity contribution in [3.63, 3.8) is 0 Å². The summed E-state index contributed by atoms with van der Waals surface area (Å²) < 4.78 is 1.94. The van der Waals surface area contributed by atoms with Crippen LogP contribution in [0.2, 0.25) is 0 Å². The average molecular weight is 490 g/mol. The molecule has 1 aliphatic heterocycles. The van der Waals surface area contributed by atoms with Crippen LogP contribution in [0, 0.1) is 25.7 Å². The molecular weight excluding hydrogens is 451 g/mol. The van der Waals surface area contributed by atoms with Gasteiger partial charge >= 0.3 is 0 Å². The normalized spacial score (nSPS) is 17.7. The van der Waals surface area contributed by atoms with Crippen LogP contribution in [0.3, 0.4) is 0 Å². The SMILES string of the molecule is CN=C(NCc1c(C)nn(C)c1C)NCC(C(C)C)N1CCC(C)CC1.I. The number of likely N-dealkylation sites (tertiary alicyclic amines) is 1. The predicted molar refractivity (Wildman–Crippen MR) is 125 cm³/mol. The summed E-state index contributed by atoms with van der Waals surface area (Å²) in [7, 11) is 3.83. The summed E-state index contributed by atoms with van der Waals surface area (Å²) in [5.74, 6) is 2.35. The summed E-state index contributed by atoms with van der Waals surface area (Å²) in [5.41, 5.74) is 3.53. The fraction of sp³-hybridized carbons (Fsp3) is 0.800. The minimum absolute atomic E-state index is 0. The van der Waals surface area contributed by atoms with E-state index in [1.807, 2.05) is 18.8 Å². The molecule has 6 nitrogen and oxygen atoms in total. The van der Waals surface area contributed by atoms with Crippen LogP contribution < -0.4 is 10.6 Å². The Bertz CT molecular complexity index is 602.